The Morgan fingerprint density at radius 3 is 2.40 bits per heavy atom. The third-order valence-corrected chi connectivity index (χ3v) is 4.36. The number of rotatable bonds is 7. The summed E-state index contributed by atoms with van der Waals surface area (Å²) in [6.07, 6.45) is 4.07. The fourth-order valence-electron chi connectivity index (χ4n) is 3.04. The quantitative estimate of drug-likeness (QED) is 0.373. The minimum Gasteiger partial charge on any atom is -0.383 e. The number of halogens is 1. The molecule has 0 aliphatic carbocycles. The molecule has 2 N–H and O–H groups in total. The Morgan fingerprint density at radius 1 is 1.16 bits per heavy atom. The molecule has 1 aliphatic rings. The molecule has 2 rings (SSSR count). The van der Waals surface area contributed by atoms with Crippen LogP contribution in [0, 0.1) is 0 Å². The summed E-state index contributed by atoms with van der Waals surface area (Å²) < 4.78 is 5.14. The summed E-state index contributed by atoms with van der Waals surface area (Å²) in [5.74, 6) is 0.803. The zero-order valence-electron chi connectivity index (χ0n) is 15.8. The zero-order chi connectivity index (χ0) is 17.2. The van der Waals surface area contributed by atoms with E-state index in [4.69, 9.17) is 4.74 Å². The average Bonchev–Trinajstić information content (AvgIpc) is 2.61. The van der Waals surface area contributed by atoms with Gasteiger partial charge in [-0.1, -0.05) is 30.7 Å². The number of guanidine groups is 1. The molecule has 1 aromatic rings. The zero-order valence-corrected chi connectivity index (χ0v) is 18.1. The number of hydrogen-bond donors (Lipinski definition) is 2. The fourth-order valence-corrected chi connectivity index (χ4v) is 3.04. The molecule has 0 bridgehead atoms. The number of piperidine rings is 1. The summed E-state index contributed by atoms with van der Waals surface area (Å²) >= 11 is 0. The van der Waals surface area contributed by atoms with Crippen LogP contribution in [0.1, 0.15) is 37.3 Å². The van der Waals surface area contributed by atoms with Gasteiger partial charge in [-0.25, -0.2) is 0 Å². The smallest absolute Gasteiger partial charge is 0.191 e. The van der Waals surface area contributed by atoms with Gasteiger partial charge >= 0.3 is 0 Å². The molecule has 0 radical (unpaired) electrons. The number of ether oxygens (including phenoxy) is 1. The molecule has 5 nitrogen and oxygen atoms in total. The highest BCUT2D eigenvalue weighted by atomic mass is 127. The normalized spacial score (nSPS) is 16.8. The van der Waals surface area contributed by atoms with E-state index in [0.29, 0.717) is 6.61 Å². The fraction of sp³-hybridized carbons (Fsp3) is 0.632. The van der Waals surface area contributed by atoms with Crippen LogP contribution in [0.25, 0.3) is 0 Å². The first-order valence-corrected chi connectivity index (χ1v) is 8.97. The monoisotopic (exact) mass is 460 g/mol. The Balaban J connectivity index is 0.00000312. The van der Waals surface area contributed by atoms with Gasteiger partial charge in [-0.3, -0.25) is 9.89 Å². The second-order valence-electron chi connectivity index (χ2n) is 6.58. The number of nitrogens with one attached hydrogen (secondary N) is 2. The molecule has 1 unspecified atom stereocenters. The van der Waals surface area contributed by atoms with Crippen LogP contribution in [-0.2, 0) is 17.8 Å². The Bertz CT molecular complexity index is 501. The molecule has 0 aromatic heterocycles. The number of likely N-dealkylation sites (tertiary alicyclic amines) is 1. The van der Waals surface area contributed by atoms with Gasteiger partial charge in [0.15, 0.2) is 5.96 Å². The van der Waals surface area contributed by atoms with E-state index in [0.717, 1.165) is 19.0 Å². The molecule has 1 atom stereocenters. The first-order chi connectivity index (χ1) is 11.7. The predicted molar refractivity (Wildman–Crippen MR) is 116 cm³/mol. The molecule has 0 saturated carbocycles. The molecule has 1 aromatic carbocycles. The molecule has 0 amide bonds. The molecule has 0 spiro atoms. The minimum absolute atomic E-state index is 0. The summed E-state index contributed by atoms with van der Waals surface area (Å²) in [6.45, 7) is 7.06. The van der Waals surface area contributed by atoms with Crippen molar-refractivity contribution < 1.29 is 4.74 Å². The Labute approximate surface area is 169 Å². The average molecular weight is 460 g/mol. The summed E-state index contributed by atoms with van der Waals surface area (Å²) in [4.78, 5) is 6.81. The van der Waals surface area contributed by atoms with Crippen LogP contribution >= 0.6 is 24.0 Å². The van der Waals surface area contributed by atoms with E-state index < -0.39 is 0 Å². The van der Waals surface area contributed by atoms with E-state index in [9.17, 15) is 0 Å². The van der Waals surface area contributed by atoms with Crippen LogP contribution in [0.5, 0.6) is 0 Å². The maximum Gasteiger partial charge on any atom is 0.191 e. The van der Waals surface area contributed by atoms with Crippen molar-refractivity contribution in [2.75, 3.05) is 33.9 Å². The molecule has 1 heterocycles. The van der Waals surface area contributed by atoms with Crippen LogP contribution < -0.4 is 10.6 Å². The summed E-state index contributed by atoms with van der Waals surface area (Å²) in [6, 6.07) is 9.13. The van der Waals surface area contributed by atoms with Gasteiger partial charge in [0.1, 0.15) is 0 Å². The van der Waals surface area contributed by atoms with Crippen molar-refractivity contribution in [3.8, 4) is 0 Å². The van der Waals surface area contributed by atoms with Gasteiger partial charge in [0.05, 0.1) is 6.61 Å². The number of hydrogen-bond acceptors (Lipinski definition) is 3. The van der Waals surface area contributed by atoms with Crippen molar-refractivity contribution >= 4 is 29.9 Å². The third-order valence-electron chi connectivity index (χ3n) is 4.36. The van der Waals surface area contributed by atoms with E-state index in [1.807, 2.05) is 0 Å². The maximum absolute atomic E-state index is 5.14. The second kappa shape index (κ2) is 12.5. The van der Waals surface area contributed by atoms with Crippen LogP contribution in [-0.4, -0.2) is 50.8 Å². The van der Waals surface area contributed by atoms with E-state index in [1.54, 1.807) is 14.2 Å². The topological polar surface area (TPSA) is 48.9 Å². The van der Waals surface area contributed by atoms with Gasteiger partial charge < -0.3 is 15.4 Å². The van der Waals surface area contributed by atoms with Gasteiger partial charge in [-0.2, -0.15) is 0 Å². The highest BCUT2D eigenvalue weighted by Crippen LogP contribution is 2.13. The minimum atomic E-state index is 0. The lowest BCUT2D eigenvalue weighted by atomic mass is 10.1. The van der Waals surface area contributed by atoms with Gasteiger partial charge in [0, 0.05) is 33.3 Å². The number of methoxy groups -OCH3 is 1. The molecule has 1 saturated heterocycles. The first kappa shape index (κ1) is 22.2. The van der Waals surface area contributed by atoms with Crippen LogP contribution in [0.15, 0.2) is 29.3 Å². The Hall–Kier alpha value is -0.860. The summed E-state index contributed by atoms with van der Waals surface area (Å²) in [7, 11) is 3.50. The SMILES string of the molecule is CN=C(NCc1ccc(CN2CCCCC2)cc1)NC(C)COC.I. The van der Waals surface area contributed by atoms with Crippen molar-refractivity contribution in [1.82, 2.24) is 15.5 Å². The van der Waals surface area contributed by atoms with Crippen LogP contribution in [0.3, 0.4) is 0 Å². The molecule has 142 valence electrons. The van der Waals surface area contributed by atoms with Crippen molar-refractivity contribution in [2.24, 2.45) is 4.99 Å². The molecule has 25 heavy (non-hydrogen) atoms. The Morgan fingerprint density at radius 2 is 1.80 bits per heavy atom. The van der Waals surface area contributed by atoms with Gasteiger partial charge in [-0.05, 0) is 44.0 Å². The number of aliphatic imine (C=N–C) groups is 1. The van der Waals surface area contributed by atoms with Gasteiger partial charge in [0.2, 0.25) is 0 Å². The highest BCUT2D eigenvalue weighted by molar-refractivity contribution is 14.0. The molecule has 6 heteroatoms. The van der Waals surface area contributed by atoms with Gasteiger partial charge in [-0.15, -0.1) is 24.0 Å². The highest BCUT2D eigenvalue weighted by Gasteiger charge is 2.10. The van der Waals surface area contributed by atoms with Crippen molar-refractivity contribution in [3.05, 3.63) is 35.4 Å². The van der Waals surface area contributed by atoms with E-state index in [2.05, 4.69) is 51.7 Å². The lowest BCUT2D eigenvalue weighted by Gasteiger charge is -2.26. The largest absolute Gasteiger partial charge is 0.383 e. The summed E-state index contributed by atoms with van der Waals surface area (Å²) in [5.41, 5.74) is 2.66. The predicted octanol–water partition coefficient (Wildman–Crippen LogP) is 2.99. The van der Waals surface area contributed by atoms with Crippen LogP contribution in [0.2, 0.25) is 0 Å². The summed E-state index contributed by atoms with van der Waals surface area (Å²) in [5, 5.41) is 6.66. The van der Waals surface area contributed by atoms with E-state index in [-0.39, 0.29) is 30.0 Å². The molecular weight excluding hydrogens is 427 g/mol. The molecule has 1 aliphatic heterocycles. The second-order valence-corrected chi connectivity index (χ2v) is 6.58. The van der Waals surface area contributed by atoms with E-state index in [1.165, 1.54) is 43.5 Å². The third kappa shape index (κ3) is 8.37. The van der Waals surface area contributed by atoms with Crippen molar-refractivity contribution in [2.45, 2.75) is 45.3 Å². The lowest BCUT2D eigenvalue weighted by molar-refractivity contribution is 0.179. The maximum atomic E-state index is 5.14. The van der Waals surface area contributed by atoms with Crippen LogP contribution in [0.4, 0.5) is 0 Å². The lowest BCUT2D eigenvalue weighted by Crippen LogP contribution is -2.43. The van der Waals surface area contributed by atoms with Gasteiger partial charge in [0.25, 0.3) is 0 Å². The number of benzene rings is 1. The first-order valence-electron chi connectivity index (χ1n) is 8.97. The molecule has 1 fully saturated rings. The van der Waals surface area contributed by atoms with Crippen molar-refractivity contribution in [1.29, 1.82) is 0 Å². The van der Waals surface area contributed by atoms with Crippen molar-refractivity contribution in [3.63, 3.8) is 0 Å². The Kier molecular flexibility index (Phi) is 11.1. The van der Waals surface area contributed by atoms with E-state index >= 15 is 0 Å². The number of nitrogens with zero attached hydrogens (tertiary/aromatic N) is 2. The molecular formula is C19H33IN4O. The standard InChI is InChI=1S/C19H32N4O.HI/c1-16(15-24-3)22-19(20-2)21-13-17-7-9-18(10-8-17)14-23-11-5-4-6-12-23;/h7-10,16H,4-6,11-15H2,1-3H3,(H2,20,21,22);1H.